The molecule has 152 valence electrons. The van der Waals surface area contributed by atoms with Gasteiger partial charge in [-0.15, -0.1) is 24.0 Å². The van der Waals surface area contributed by atoms with Crippen molar-refractivity contribution in [3.8, 4) is 0 Å². The zero-order valence-electron chi connectivity index (χ0n) is 16.5. The second-order valence-corrected chi connectivity index (χ2v) is 7.01. The molecule has 0 aliphatic heterocycles. The summed E-state index contributed by atoms with van der Waals surface area (Å²) in [6.07, 6.45) is 0.891. The maximum atomic E-state index is 11.7. The molecule has 0 saturated carbocycles. The third-order valence-electron chi connectivity index (χ3n) is 4.05. The summed E-state index contributed by atoms with van der Waals surface area (Å²) in [5.41, 5.74) is 3.14. The van der Waals surface area contributed by atoms with Gasteiger partial charge in [-0.25, -0.2) is 0 Å². The molecule has 0 aliphatic rings. The van der Waals surface area contributed by atoms with Gasteiger partial charge >= 0.3 is 0 Å². The molecule has 7 heteroatoms. The molecule has 0 heterocycles. The van der Waals surface area contributed by atoms with E-state index < -0.39 is 0 Å². The molecular weight excluding hydrogens is 487 g/mol. The molecule has 0 spiro atoms. The number of anilines is 1. The Kier molecular flexibility index (Phi) is 10.9. The highest BCUT2D eigenvalue weighted by molar-refractivity contribution is 14.0. The maximum absolute atomic E-state index is 11.7. The SMILES string of the molecule is CN=C(NCCc1ccc(Cl)cc1)NCc1ccc(NC(=O)C(C)C)cc1.I. The van der Waals surface area contributed by atoms with E-state index >= 15 is 0 Å². The summed E-state index contributed by atoms with van der Waals surface area (Å²) in [5.74, 6) is 0.737. The highest BCUT2D eigenvalue weighted by Gasteiger charge is 2.06. The third-order valence-corrected chi connectivity index (χ3v) is 4.30. The van der Waals surface area contributed by atoms with Crippen molar-refractivity contribution in [3.05, 3.63) is 64.7 Å². The molecule has 2 aromatic rings. The monoisotopic (exact) mass is 514 g/mol. The van der Waals surface area contributed by atoms with Crippen molar-refractivity contribution in [1.29, 1.82) is 0 Å². The summed E-state index contributed by atoms with van der Waals surface area (Å²) in [4.78, 5) is 16.0. The largest absolute Gasteiger partial charge is 0.356 e. The second-order valence-electron chi connectivity index (χ2n) is 6.57. The number of halogens is 2. The number of hydrogen-bond donors (Lipinski definition) is 3. The molecule has 3 N–H and O–H groups in total. The summed E-state index contributed by atoms with van der Waals surface area (Å²) in [7, 11) is 1.75. The number of rotatable bonds is 7. The van der Waals surface area contributed by atoms with E-state index in [9.17, 15) is 4.79 Å². The minimum atomic E-state index is -0.0337. The summed E-state index contributed by atoms with van der Waals surface area (Å²) in [5, 5.41) is 10.2. The number of guanidine groups is 1. The molecule has 2 rings (SSSR count). The summed E-state index contributed by atoms with van der Waals surface area (Å²) in [6.45, 7) is 5.18. The molecule has 0 bridgehead atoms. The molecule has 28 heavy (non-hydrogen) atoms. The Balaban J connectivity index is 0.00000392. The van der Waals surface area contributed by atoms with Gasteiger partial charge in [0.1, 0.15) is 0 Å². The average Bonchev–Trinajstić information content (AvgIpc) is 2.67. The first-order valence-corrected chi connectivity index (χ1v) is 9.44. The molecule has 1 amide bonds. The predicted octanol–water partition coefficient (Wildman–Crippen LogP) is 4.46. The molecule has 0 unspecified atom stereocenters. The normalized spacial score (nSPS) is 11.0. The topological polar surface area (TPSA) is 65.5 Å². The van der Waals surface area contributed by atoms with E-state index in [0.717, 1.165) is 35.2 Å². The second kappa shape index (κ2) is 12.6. The lowest BCUT2D eigenvalue weighted by Crippen LogP contribution is -2.37. The van der Waals surface area contributed by atoms with Crippen LogP contribution in [0.1, 0.15) is 25.0 Å². The Morgan fingerprint density at radius 1 is 1.00 bits per heavy atom. The first-order chi connectivity index (χ1) is 13.0. The smallest absolute Gasteiger partial charge is 0.226 e. The van der Waals surface area contributed by atoms with Crippen LogP contribution in [-0.2, 0) is 17.8 Å². The Labute approximate surface area is 189 Å². The van der Waals surface area contributed by atoms with E-state index in [4.69, 9.17) is 11.6 Å². The van der Waals surface area contributed by atoms with Crippen molar-refractivity contribution in [2.45, 2.75) is 26.8 Å². The Morgan fingerprint density at radius 2 is 1.61 bits per heavy atom. The molecular formula is C21H28ClIN4O. The van der Waals surface area contributed by atoms with Gasteiger partial charge in [-0.2, -0.15) is 0 Å². The van der Waals surface area contributed by atoms with E-state index in [1.54, 1.807) is 7.05 Å². The highest BCUT2D eigenvalue weighted by Crippen LogP contribution is 2.11. The molecule has 0 saturated heterocycles. The van der Waals surface area contributed by atoms with Crippen LogP contribution >= 0.6 is 35.6 Å². The Morgan fingerprint density at radius 3 is 2.18 bits per heavy atom. The van der Waals surface area contributed by atoms with Crippen LogP contribution in [0.15, 0.2) is 53.5 Å². The standard InChI is InChI=1S/C21H27ClN4O.HI/c1-15(2)20(27)26-19-10-6-17(7-11-19)14-25-21(23-3)24-13-12-16-4-8-18(22)9-5-16;/h4-11,15H,12-14H2,1-3H3,(H,26,27)(H2,23,24,25);1H. The number of benzene rings is 2. The summed E-state index contributed by atoms with van der Waals surface area (Å²) >= 11 is 5.90. The van der Waals surface area contributed by atoms with Crippen molar-refractivity contribution >= 4 is 53.1 Å². The fourth-order valence-corrected chi connectivity index (χ4v) is 2.50. The lowest BCUT2D eigenvalue weighted by atomic mass is 10.1. The van der Waals surface area contributed by atoms with Crippen LogP contribution in [0.2, 0.25) is 5.02 Å². The van der Waals surface area contributed by atoms with Crippen LogP contribution in [0, 0.1) is 5.92 Å². The third kappa shape index (κ3) is 8.48. The molecule has 0 aliphatic carbocycles. The van der Waals surface area contributed by atoms with Crippen LogP contribution in [0.4, 0.5) is 5.69 Å². The van der Waals surface area contributed by atoms with Gasteiger partial charge in [0, 0.05) is 36.8 Å². The molecule has 0 radical (unpaired) electrons. The number of hydrogen-bond acceptors (Lipinski definition) is 2. The fraction of sp³-hybridized carbons (Fsp3) is 0.333. The van der Waals surface area contributed by atoms with Gasteiger partial charge in [0.05, 0.1) is 0 Å². The van der Waals surface area contributed by atoms with Gasteiger partial charge in [-0.3, -0.25) is 9.79 Å². The first kappa shape index (κ1) is 24.2. The number of carbonyl (C=O) groups excluding carboxylic acids is 1. The zero-order valence-corrected chi connectivity index (χ0v) is 19.5. The fourth-order valence-electron chi connectivity index (χ4n) is 2.38. The lowest BCUT2D eigenvalue weighted by Gasteiger charge is -2.13. The van der Waals surface area contributed by atoms with Crippen LogP contribution in [-0.4, -0.2) is 25.5 Å². The Hall–Kier alpha value is -1.80. The van der Waals surface area contributed by atoms with Crippen molar-refractivity contribution in [2.75, 3.05) is 18.9 Å². The van der Waals surface area contributed by atoms with Gasteiger partial charge in [0.2, 0.25) is 5.91 Å². The summed E-state index contributed by atoms with van der Waals surface area (Å²) < 4.78 is 0. The van der Waals surface area contributed by atoms with Gasteiger partial charge in [0.25, 0.3) is 0 Å². The average molecular weight is 515 g/mol. The predicted molar refractivity (Wildman–Crippen MR) is 129 cm³/mol. The van der Waals surface area contributed by atoms with E-state index in [1.807, 2.05) is 62.4 Å². The van der Waals surface area contributed by atoms with E-state index in [0.29, 0.717) is 6.54 Å². The zero-order chi connectivity index (χ0) is 19.6. The molecule has 0 atom stereocenters. The summed E-state index contributed by atoms with van der Waals surface area (Å²) in [6, 6.07) is 15.7. The van der Waals surface area contributed by atoms with Gasteiger partial charge < -0.3 is 16.0 Å². The minimum Gasteiger partial charge on any atom is -0.356 e. The van der Waals surface area contributed by atoms with E-state index in [2.05, 4.69) is 20.9 Å². The minimum absolute atomic E-state index is 0. The highest BCUT2D eigenvalue weighted by atomic mass is 127. The van der Waals surface area contributed by atoms with E-state index in [1.165, 1.54) is 5.56 Å². The van der Waals surface area contributed by atoms with E-state index in [-0.39, 0.29) is 35.8 Å². The van der Waals surface area contributed by atoms with Gasteiger partial charge in [-0.1, -0.05) is 49.7 Å². The van der Waals surface area contributed by atoms with Crippen LogP contribution in [0.3, 0.4) is 0 Å². The van der Waals surface area contributed by atoms with Crippen molar-refractivity contribution in [3.63, 3.8) is 0 Å². The van der Waals surface area contributed by atoms with Crippen molar-refractivity contribution in [2.24, 2.45) is 10.9 Å². The van der Waals surface area contributed by atoms with Crippen molar-refractivity contribution in [1.82, 2.24) is 10.6 Å². The van der Waals surface area contributed by atoms with Crippen LogP contribution in [0.25, 0.3) is 0 Å². The Bertz CT molecular complexity index is 761. The molecule has 0 fully saturated rings. The number of carbonyl (C=O) groups is 1. The maximum Gasteiger partial charge on any atom is 0.226 e. The number of nitrogens with one attached hydrogen (secondary N) is 3. The number of amides is 1. The number of aliphatic imine (C=N–C) groups is 1. The lowest BCUT2D eigenvalue weighted by molar-refractivity contribution is -0.118. The van der Waals surface area contributed by atoms with Crippen LogP contribution < -0.4 is 16.0 Å². The quantitative estimate of drug-likeness (QED) is 0.290. The van der Waals surface area contributed by atoms with Crippen LogP contribution in [0.5, 0.6) is 0 Å². The van der Waals surface area contributed by atoms with Gasteiger partial charge in [0.15, 0.2) is 5.96 Å². The molecule has 2 aromatic carbocycles. The van der Waals surface area contributed by atoms with Gasteiger partial charge in [-0.05, 0) is 41.8 Å². The van der Waals surface area contributed by atoms with Crippen molar-refractivity contribution < 1.29 is 4.79 Å². The molecule has 5 nitrogen and oxygen atoms in total. The number of nitrogens with zero attached hydrogens (tertiary/aromatic N) is 1. The molecule has 0 aromatic heterocycles. The first-order valence-electron chi connectivity index (χ1n) is 9.06.